The molecule has 1 amide bonds. The van der Waals surface area contributed by atoms with E-state index in [0.29, 0.717) is 17.6 Å². The highest BCUT2D eigenvalue weighted by Crippen LogP contribution is 2.15. The van der Waals surface area contributed by atoms with E-state index in [9.17, 15) is 4.79 Å². The molecule has 0 unspecified atom stereocenters. The van der Waals surface area contributed by atoms with Gasteiger partial charge in [0.25, 0.3) is 0 Å². The Hall–Kier alpha value is -0.720. The normalized spacial score (nSPS) is 10.6. The van der Waals surface area contributed by atoms with Crippen LogP contribution in [0.5, 0.6) is 0 Å². The molecule has 1 N–H and O–H groups in total. The van der Waals surface area contributed by atoms with E-state index in [1.165, 1.54) is 11.3 Å². The fraction of sp³-hybridized carbons (Fsp3) is 0.571. The summed E-state index contributed by atoms with van der Waals surface area (Å²) < 4.78 is 0.424. The van der Waals surface area contributed by atoms with Crippen LogP contribution < -0.4 is 5.32 Å². The van der Waals surface area contributed by atoms with Crippen molar-refractivity contribution in [3.8, 4) is 0 Å². The maximum atomic E-state index is 11.0. The molecule has 0 aliphatic rings. The number of amides is 1. The molecule has 0 aliphatic heterocycles. The Morgan fingerprint density at radius 1 is 1.64 bits per heavy atom. The monoisotopic (exact) mass is 234 g/mol. The third kappa shape index (κ3) is 3.57. The number of likely N-dealkylation sites (N-methyl/N-ethyl adjacent to an activating group) is 2. The van der Waals surface area contributed by atoms with Crippen LogP contribution in [0.4, 0.5) is 0 Å². The second-order valence-electron chi connectivity index (χ2n) is 2.79. The van der Waals surface area contributed by atoms with Gasteiger partial charge in [0.15, 0.2) is 0 Å². The number of halogens is 1. The van der Waals surface area contributed by atoms with Gasteiger partial charge >= 0.3 is 0 Å². The van der Waals surface area contributed by atoms with Crippen molar-refractivity contribution in [1.29, 1.82) is 0 Å². The molecule has 0 spiro atoms. The van der Waals surface area contributed by atoms with Gasteiger partial charge in [-0.1, -0.05) is 11.3 Å². The van der Waals surface area contributed by atoms with E-state index in [2.05, 4.69) is 15.5 Å². The summed E-state index contributed by atoms with van der Waals surface area (Å²) in [6.07, 6.45) is 0. The lowest BCUT2D eigenvalue weighted by molar-refractivity contribution is -0.121. The van der Waals surface area contributed by atoms with Crippen LogP contribution in [0.15, 0.2) is 0 Å². The van der Waals surface area contributed by atoms with Gasteiger partial charge in [0.1, 0.15) is 5.01 Å². The van der Waals surface area contributed by atoms with Crippen molar-refractivity contribution < 1.29 is 4.79 Å². The lowest BCUT2D eigenvalue weighted by atomic mass is 10.5. The van der Waals surface area contributed by atoms with Gasteiger partial charge in [-0.05, 0) is 18.6 Å². The highest BCUT2D eigenvalue weighted by Gasteiger charge is 2.08. The molecule has 0 aliphatic carbocycles. The predicted molar refractivity (Wildman–Crippen MR) is 55.3 cm³/mol. The number of hydrogen-bond acceptors (Lipinski definition) is 5. The minimum Gasteiger partial charge on any atom is -0.358 e. The molecule has 14 heavy (non-hydrogen) atoms. The van der Waals surface area contributed by atoms with Crippen molar-refractivity contribution in [1.82, 2.24) is 20.4 Å². The summed E-state index contributed by atoms with van der Waals surface area (Å²) in [5.41, 5.74) is 0. The molecule has 0 saturated heterocycles. The minimum absolute atomic E-state index is 0.0249. The van der Waals surface area contributed by atoms with Crippen LogP contribution in [0.1, 0.15) is 5.01 Å². The molecule has 0 radical (unpaired) electrons. The summed E-state index contributed by atoms with van der Waals surface area (Å²) >= 11 is 6.94. The SMILES string of the molecule is CNC(=O)CN(C)Cc1nnc(Cl)s1. The fourth-order valence-corrected chi connectivity index (χ4v) is 1.86. The van der Waals surface area contributed by atoms with Crippen molar-refractivity contribution in [3.63, 3.8) is 0 Å². The van der Waals surface area contributed by atoms with Crippen molar-refractivity contribution in [2.24, 2.45) is 0 Å². The van der Waals surface area contributed by atoms with E-state index in [1.807, 2.05) is 11.9 Å². The fourth-order valence-electron chi connectivity index (χ4n) is 0.908. The zero-order chi connectivity index (χ0) is 10.6. The van der Waals surface area contributed by atoms with E-state index in [0.717, 1.165) is 5.01 Å². The van der Waals surface area contributed by atoms with Crippen molar-refractivity contribution in [3.05, 3.63) is 9.47 Å². The smallest absolute Gasteiger partial charge is 0.233 e. The number of nitrogens with one attached hydrogen (secondary N) is 1. The Balaban J connectivity index is 2.41. The lowest BCUT2D eigenvalue weighted by Gasteiger charge is -2.12. The first kappa shape index (κ1) is 11.4. The third-order valence-corrected chi connectivity index (χ3v) is 2.54. The maximum absolute atomic E-state index is 11.0. The van der Waals surface area contributed by atoms with Gasteiger partial charge in [-0.3, -0.25) is 9.69 Å². The van der Waals surface area contributed by atoms with Gasteiger partial charge < -0.3 is 5.32 Å². The first-order valence-electron chi connectivity index (χ1n) is 3.99. The Morgan fingerprint density at radius 3 is 2.86 bits per heavy atom. The summed E-state index contributed by atoms with van der Waals surface area (Å²) in [4.78, 5) is 12.8. The zero-order valence-corrected chi connectivity index (χ0v) is 9.52. The Bertz CT molecular complexity index is 316. The zero-order valence-electron chi connectivity index (χ0n) is 7.95. The summed E-state index contributed by atoms with van der Waals surface area (Å²) in [6.45, 7) is 0.922. The number of hydrogen-bond donors (Lipinski definition) is 1. The number of rotatable bonds is 4. The second-order valence-corrected chi connectivity index (χ2v) is 4.44. The average Bonchev–Trinajstić information content (AvgIpc) is 2.50. The van der Waals surface area contributed by atoms with Crippen LogP contribution in [0.25, 0.3) is 0 Å². The molecule has 1 heterocycles. The molecule has 0 bridgehead atoms. The molecule has 78 valence electrons. The largest absolute Gasteiger partial charge is 0.358 e. The van der Waals surface area contributed by atoms with Crippen LogP contribution in [0.3, 0.4) is 0 Å². The lowest BCUT2D eigenvalue weighted by Crippen LogP contribution is -2.32. The highest BCUT2D eigenvalue weighted by molar-refractivity contribution is 7.15. The quantitative estimate of drug-likeness (QED) is 0.818. The first-order chi connectivity index (χ1) is 6.61. The topological polar surface area (TPSA) is 58.1 Å². The molecule has 0 fully saturated rings. The van der Waals surface area contributed by atoms with E-state index < -0.39 is 0 Å². The Morgan fingerprint density at radius 2 is 2.36 bits per heavy atom. The molecule has 1 aromatic heterocycles. The molecule has 7 heteroatoms. The van der Waals surface area contributed by atoms with Crippen LogP contribution in [-0.4, -0.2) is 41.6 Å². The highest BCUT2D eigenvalue weighted by atomic mass is 35.5. The molecular weight excluding hydrogens is 224 g/mol. The van der Waals surface area contributed by atoms with Crippen LogP contribution >= 0.6 is 22.9 Å². The third-order valence-electron chi connectivity index (χ3n) is 1.54. The number of carbonyl (C=O) groups is 1. The van der Waals surface area contributed by atoms with E-state index in [1.54, 1.807) is 7.05 Å². The minimum atomic E-state index is -0.0249. The maximum Gasteiger partial charge on any atom is 0.233 e. The summed E-state index contributed by atoms with van der Waals surface area (Å²) in [5.74, 6) is -0.0249. The van der Waals surface area contributed by atoms with Gasteiger partial charge in [-0.2, -0.15) is 0 Å². The summed E-state index contributed by atoms with van der Waals surface area (Å²) in [5, 5.41) is 10.9. The van der Waals surface area contributed by atoms with Crippen LogP contribution in [-0.2, 0) is 11.3 Å². The van der Waals surface area contributed by atoms with Crippen molar-refractivity contribution >= 4 is 28.8 Å². The molecule has 1 aromatic rings. The van der Waals surface area contributed by atoms with Crippen LogP contribution in [0, 0.1) is 0 Å². The van der Waals surface area contributed by atoms with Crippen molar-refractivity contribution in [2.75, 3.05) is 20.6 Å². The van der Waals surface area contributed by atoms with Crippen LogP contribution in [0.2, 0.25) is 4.47 Å². The Labute approximate surface area is 91.1 Å². The van der Waals surface area contributed by atoms with Gasteiger partial charge in [0.05, 0.1) is 13.1 Å². The molecular formula is C7H11ClN4OS. The first-order valence-corrected chi connectivity index (χ1v) is 5.18. The van der Waals surface area contributed by atoms with Crippen molar-refractivity contribution in [2.45, 2.75) is 6.54 Å². The molecule has 1 rings (SSSR count). The van der Waals surface area contributed by atoms with E-state index in [4.69, 9.17) is 11.6 Å². The molecule has 5 nitrogen and oxygen atoms in total. The summed E-state index contributed by atoms with van der Waals surface area (Å²) in [6, 6.07) is 0. The average molecular weight is 235 g/mol. The van der Waals surface area contributed by atoms with E-state index >= 15 is 0 Å². The second kappa shape index (κ2) is 5.23. The van der Waals surface area contributed by atoms with Gasteiger partial charge in [0.2, 0.25) is 10.4 Å². The standard InChI is InChI=1S/C7H11ClN4OS/c1-9-5(13)3-12(2)4-6-10-11-7(8)14-6/h3-4H2,1-2H3,(H,9,13). The molecule has 0 aromatic carbocycles. The van der Waals surface area contributed by atoms with Gasteiger partial charge in [-0.25, -0.2) is 0 Å². The van der Waals surface area contributed by atoms with Gasteiger partial charge in [0, 0.05) is 7.05 Å². The Kier molecular flexibility index (Phi) is 4.24. The predicted octanol–water partition coefficient (Wildman–Crippen LogP) is 0.369. The summed E-state index contributed by atoms with van der Waals surface area (Å²) in [7, 11) is 3.45. The molecule has 0 saturated carbocycles. The number of nitrogens with zero attached hydrogens (tertiary/aromatic N) is 3. The number of aromatic nitrogens is 2. The molecule has 0 atom stereocenters. The van der Waals surface area contributed by atoms with Gasteiger partial charge in [-0.15, -0.1) is 10.2 Å². The number of carbonyl (C=O) groups excluding carboxylic acids is 1. The van der Waals surface area contributed by atoms with E-state index in [-0.39, 0.29) is 5.91 Å².